The number of hydrogen-bond acceptors (Lipinski definition) is 7. The zero-order valence-corrected chi connectivity index (χ0v) is 22.5. The van der Waals surface area contributed by atoms with Gasteiger partial charge in [0.1, 0.15) is 11.2 Å². The van der Waals surface area contributed by atoms with Gasteiger partial charge in [0.15, 0.2) is 17.3 Å². The zero-order valence-electron chi connectivity index (χ0n) is 22.5. The first-order valence-corrected chi connectivity index (χ1v) is 13.8. The van der Waals surface area contributed by atoms with Crippen molar-refractivity contribution in [1.29, 1.82) is 0 Å². The van der Waals surface area contributed by atoms with Crippen LogP contribution in [0.2, 0.25) is 0 Å². The first-order valence-electron chi connectivity index (χ1n) is 13.8. The molecule has 1 saturated carbocycles. The number of aromatic amines is 2. The van der Waals surface area contributed by atoms with Crippen molar-refractivity contribution >= 4 is 40.0 Å². The van der Waals surface area contributed by atoms with Crippen LogP contribution in [0.1, 0.15) is 81.1 Å². The normalized spacial score (nSPS) is 14.1. The number of nitrogens with one attached hydrogen (secondary N) is 3. The number of ketones is 1. The largest absolute Gasteiger partial charge is 0.335 e. The van der Waals surface area contributed by atoms with Crippen LogP contribution in [-0.2, 0) is 11.2 Å². The Labute approximate surface area is 226 Å². The number of hydrogen-bond donors (Lipinski definition) is 3. The molecule has 0 aliphatic heterocycles. The summed E-state index contributed by atoms with van der Waals surface area (Å²) in [5.41, 5.74) is 4.91. The van der Waals surface area contributed by atoms with Crippen molar-refractivity contribution in [3.63, 3.8) is 0 Å². The highest BCUT2D eigenvalue weighted by Crippen LogP contribution is 2.29. The fraction of sp³-hybridized carbons (Fsp3) is 0.414. The molecule has 4 aromatic heterocycles. The highest BCUT2D eigenvalue weighted by atomic mass is 16.2. The Morgan fingerprint density at radius 2 is 2.03 bits per heavy atom. The molecule has 0 aromatic carbocycles. The molecule has 1 aliphatic carbocycles. The van der Waals surface area contributed by atoms with Crippen LogP contribution in [0.4, 0.5) is 0 Å². The number of aromatic nitrogens is 6. The van der Waals surface area contributed by atoms with Gasteiger partial charge < -0.3 is 10.3 Å². The summed E-state index contributed by atoms with van der Waals surface area (Å²) in [7, 11) is 0. The molecule has 0 atom stereocenters. The molecule has 3 N–H and O–H groups in total. The van der Waals surface area contributed by atoms with Crippen molar-refractivity contribution in [3.8, 4) is 11.5 Å². The van der Waals surface area contributed by atoms with Crippen LogP contribution in [0.3, 0.4) is 0 Å². The van der Waals surface area contributed by atoms with E-state index in [2.05, 4.69) is 42.4 Å². The lowest BCUT2D eigenvalue weighted by molar-refractivity contribution is -0.121. The van der Waals surface area contributed by atoms with Crippen LogP contribution < -0.4 is 5.32 Å². The van der Waals surface area contributed by atoms with Crippen LogP contribution in [0, 0.1) is 5.92 Å². The number of allylic oxidation sites excluding steroid dienone is 1. The molecule has 0 spiro atoms. The summed E-state index contributed by atoms with van der Waals surface area (Å²) in [5, 5.41) is 11.2. The van der Waals surface area contributed by atoms with Crippen LogP contribution >= 0.6 is 0 Å². The average Bonchev–Trinajstić information content (AvgIpc) is 3.58. The molecule has 4 heterocycles. The molecule has 0 saturated heterocycles. The van der Waals surface area contributed by atoms with E-state index in [4.69, 9.17) is 4.98 Å². The number of rotatable bonds is 13. The van der Waals surface area contributed by atoms with Gasteiger partial charge in [0, 0.05) is 49.3 Å². The van der Waals surface area contributed by atoms with Crippen LogP contribution in [-0.4, -0.2) is 48.0 Å². The van der Waals surface area contributed by atoms with Gasteiger partial charge in [-0.2, -0.15) is 5.10 Å². The molecule has 0 unspecified atom stereocenters. The Bertz CT molecular complexity index is 1540. The monoisotopic (exact) mass is 526 g/mol. The zero-order chi connectivity index (χ0) is 27.2. The van der Waals surface area contributed by atoms with E-state index in [0.29, 0.717) is 53.0 Å². The molecule has 202 valence electrons. The number of H-pyrrole nitrogens is 2. The van der Waals surface area contributed by atoms with Crippen molar-refractivity contribution in [1.82, 2.24) is 35.5 Å². The number of pyridine rings is 2. The number of carbonyl (C=O) groups excluding carboxylic acids is 2. The lowest BCUT2D eigenvalue weighted by atomic mass is 10.0. The number of aliphatic imine (C=N–C) groups is 1. The topological polar surface area (TPSA) is 142 Å². The minimum Gasteiger partial charge on any atom is -0.335 e. The van der Waals surface area contributed by atoms with Crippen LogP contribution in [0.5, 0.6) is 0 Å². The number of nitrogens with zero attached hydrogens (tertiary/aromatic N) is 5. The first kappa shape index (κ1) is 26.4. The van der Waals surface area contributed by atoms with Crippen molar-refractivity contribution in [2.75, 3.05) is 0 Å². The van der Waals surface area contributed by atoms with Gasteiger partial charge >= 0.3 is 0 Å². The van der Waals surface area contributed by atoms with Gasteiger partial charge in [-0.3, -0.25) is 24.7 Å². The van der Waals surface area contributed by atoms with Crippen molar-refractivity contribution in [2.45, 2.75) is 71.6 Å². The lowest BCUT2D eigenvalue weighted by Gasteiger charge is -2.05. The van der Waals surface area contributed by atoms with E-state index in [1.54, 1.807) is 31.0 Å². The van der Waals surface area contributed by atoms with Gasteiger partial charge in [-0.15, -0.1) is 0 Å². The number of Topliss-reactive ketones (excluding diaryl/α,β-unsaturated/α-hetero) is 1. The molecule has 0 radical (unpaired) electrons. The Kier molecular flexibility index (Phi) is 8.19. The van der Waals surface area contributed by atoms with E-state index < -0.39 is 0 Å². The third kappa shape index (κ3) is 6.27. The minimum atomic E-state index is 0.0624. The number of fused-ring (bicyclic) bond motifs is 2. The molecule has 1 fully saturated rings. The smallest absolute Gasteiger partial charge is 0.227 e. The maximum atomic E-state index is 12.9. The molecular formula is C29H34N8O2. The Morgan fingerprint density at radius 3 is 2.82 bits per heavy atom. The van der Waals surface area contributed by atoms with E-state index in [1.807, 2.05) is 13.0 Å². The highest BCUT2D eigenvalue weighted by Gasteiger charge is 2.29. The van der Waals surface area contributed by atoms with Gasteiger partial charge in [0.25, 0.3) is 0 Å². The molecule has 4 aromatic rings. The minimum absolute atomic E-state index is 0.0624. The standard InChI is InChI=1S/C29H34N8O2/c1-3-5-6-7-8-24(38)22-16-31-17-23-25(22)35-28(34-23)26-21-13-18(14-32-27(21)37-36-26)11-12-30-15-20(4-2)33-29(39)19-9-10-19/h12-17,19H,3-11H2,1-2H3,(H,33,39)(H,34,35)(H,32,36,37)/b20-15+,30-12?. The van der Waals surface area contributed by atoms with E-state index in [9.17, 15) is 9.59 Å². The summed E-state index contributed by atoms with van der Waals surface area (Å²) < 4.78 is 0. The second kappa shape index (κ2) is 12.1. The molecular weight excluding hydrogens is 492 g/mol. The average molecular weight is 527 g/mol. The fourth-order valence-electron chi connectivity index (χ4n) is 4.46. The van der Waals surface area contributed by atoms with Gasteiger partial charge in [-0.25, -0.2) is 9.97 Å². The molecule has 5 rings (SSSR count). The van der Waals surface area contributed by atoms with Crippen molar-refractivity contribution in [2.24, 2.45) is 10.9 Å². The van der Waals surface area contributed by atoms with Gasteiger partial charge in [-0.1, -0.05) is 33.1 Å². The summed E-state index contributed by atoms with van der Waals surface area (Å²) in [6, 6.07) is 2.01. The summed E-state index contributed by atoms with van der Waals surface area (Å²) in [6.45, 7) is 4.15. The number of unbranched alkanes of at least 4 members (excludes halogenated alkanes) is 3. The van der Waals surface area contributed by atoms with Gasteiger partial charge in [-0.05, 0) is 37.3 Å². The molecule has 10 heteroatoms. The quantitative estimate of drug-likeness (QED) is 0.120. The summed E-state index contributed by atoms with van der Waals surface area (Å²) in [4.78, 5) is 46.1. The molecule has 1 aliphatic rings. The second-order valence-electron chi connectivity index (χ2n) is 10.0. The van der Waals surface area contributed by atoms with E-state index in [1.165, 1.54) is 0 Å². The van der Waals surface area contributed by atoms with E-state index in [0.717, 1.165) is 55.2 Å². The third-order valence-corrected chi connectivity index (χ3v) is 6.93. The number of carbonyl (C=O) groups is 2. The van der Waals surface area contributed by atoms with Crippen LogP contribution in [0.15, 0.2) is 41.5 Å². The molecule has 0 bridgehead atoms. The SMILES string of the molecule is CCCCCCC(=O)c1cncc2[nH]c(-c3[nH]nc4ncc(CC=N/C=C(\CC)NC(=O)C5CC5)cc34)nc12. The van der Waals surface area contributed by atoms with E-state index >= 15 is 0 Å². The Balaban J connectivity index is 1.33. The maximum Gasteiger partial charge on any atom is 0.227 e. The van der Waals surface area contributed by atoms with Crippen molar-refractivity contribution < 1.29 is 9.59 Å². The summed E-state index contributed by atoms with van der Waals surface area (Å²) >= 11 is 0. The van der Waals surface area contributed by atoms with Crippen molar-refractivity contribution in [3.05, 3.63) is 47.7 Å². The molecule has 10 nitrogen and oxygen atoms in total. The number of amides is 1. The predicted molar refractivity (Wildman–Crippen MR) is 151 cm³/mol. The molecule has 39 heavy (non-hydrogen) atoms. The first-order chi connectivity index (χ1) is 19.1. The highest BCUT2D eigenvalue weighted by molar-refractivity contribution is 6.06. The predicted octanol–water partition coefficient (Wildman–Crippen LogP) is 5.44. The van der Waals surface area contributed by atoms with Gasteiger partial charge in [0.05, 0.1) is 22.7 Å². The fourth-order valence-corrected chi connectivity index (χ4v) is 4.46. The summed E-state index contributed by atoms with van der Waals surface area (Å²) in [6.07, 6.45) is 16.5. The Morgan fingerprint density at radius 1 is 1.15 bits per heavy atom. The number of imidazole rings is 1. The second-order valence-corrected chi connectivity index (χ2v) is 10.0. The lowest BCUT2D eigenvalue weighted by Crippen LogP contribution is -2.23. The maximum absolute atomic E-state index is 12.9. The summed E-state index contributed by atoms with van der Waals surface area (Å²) in [5.74, 6) is 0.893. The van der Waals surface area contributed by atoms with E-state index in [-0.39, 0.29) is 17.6 Å². The third-order valence-electron chi connectivity index (χ3n) is 6.93. The van der Waals surface area contributed by atoms with Gasteiger partial charge in [0.2, 0.25) is 5.91 Å². The Hall–Kier alpha value is -4.21. The molecule has 1 amide bonds. The van der Waals surface area contributed by atoms with Crippen LogP contribution in [0.25, 0.3) is 33.6 Å².